The van der Waals surface area contributed by atoms with Crippen LogP contribution < -0.4 is 4.74 Å². The second-order valence-corrected chi connectivity index (χ2v) is 7.73. The number of nitrogens with one attached hydrogen (secondary N) is 1. The van der Waals surface area contributed by atoms with Crippen molar-refractivity contribution in [2.45, 2.75) is 51.0 Å². The first-order valence-electron chi connectivity index (χ1n) is 9.15. The number of benzene rings is 1. The Hall–Kier alpha value is -1.46. The van der Waals surface area contributed by atoms with Gasteiger partial charge in [-0.25, -0.2) is 0 Å². The van der Waals surface area contributed by atoms with Gasteiger partial charge in [-0.15, -0.1) is 0 Å². The van der Waals surface area contributed by atoms with E-state index in [1.807, 2.05) is 30.3 Å². The van der Waals surface area contributed by atoms with E-state index in [4.69, 9.17) is 29.2 Å². The van der Waals surface area contributed by atoms with Crippen LogP contribution in [0, 0.1) is 4.64 Å². The second kappa shape index (κ2) is 8.77. The lowest BCUT2D eigenvalue weighted by Crippen LogP contribution is -2.37. The summed E-state index contributed by atoms with van der Waals surface area (Å²) >= 11 is 10.8. The quantitative estimate of drug-likeness (QED) is 0.522. The summed E-state index contributed by atoms with van der Waals surface area (Å²) in [6.45, 7) is 0.687. The van der Waals surface area contributed by atoms with E-state index < -0.39 is 0 Å². The number of aromatic nitrogens is 1. The smallest absolute Gasteiger partial charge is 0.120 e. The Balaban J connectivity index is 1.45. The van der Waals surface area contributed by atoms with Gasteiger partial charge in [0.2, 0.25) is 0 Å². The van der Waals surface area contributed by atoms with Crippen LogP contribution in [0.5, 0.6) is 5.75 Å². The Morgan fingerprint density at radius 3 is 2.80 bits per heavy atom. The first-order valence-corrected chi connectivity index (χ1v) is 9.97. The molecule has 0 saturated heterocycles. The van der Waals surface area contributed by atoms with Crippen LogP contribution in [0.1, 0.15) is 44.9 Å². The summed E-state index contributed by atoms with van der Waals surface area (Å²) in [7, 11) is 2.16. The third-order valence-corrected chi connectivity index (χ3v) is 5.74. The first kappa shape index (κ1) is 18.3. The average Bonchev–Trinajstić information content (AvgIpc) is 2.65. The van der Waals surface area contributed by atoms with Crippen molar-refractivity contribution >= 4 is 40.3 Å². The van der Waals surface area contributed by atoms with Gasteiger partial charge in [0.05, 0.1) is 11.6 Å². The van der Waals surface area contributed by atoms with Gasteiger partial charge in [-0.1, -0.05) is 43.7 Å². The van der Waals surface area contributed by atoms with Crippen LogP contribution in [-0.2, 0) is 0 Å². The molecule has 134 valence electrons. The van der Waals surface area contributed by atoms with Gasteiger partial charge in [-0.3, -0.25) is 0 Å². The van der Waals surface area contributed by atoms with Crippen LogP contribution in [0.3, 0.4) is 0 Å². The van der Waals surface area contributed by atoms with Crippen molar-refractivity contribution in [2.75, 3.05) is 13.7 Å². The number of rotatable bonds is 6. The molecule has 1 fully saturated rings. The third kappa shape index (κ3) is 5.02. The highest BCUT2D eigenvalue weighted by Crippen LogP contribution is 2.23. The van der Waals surface area contributed by atoms with Gasteiger partial charge in [-0.05, 0) is 49.6 Å². The molecule has 0 aliphatic heterocycles. The Morgan fingerprint density at radius 1 is 1.20 bits per heavy atom. The Labute approximate surface area is 160 Å². The SMILES string of the molecule is CN(C(=S)CCCOc1ccc2[nH]c(=S)ccc2c1)C1CCCCC1. The van der Waals surface area contributed by atoms with E-state index in [2.05, 4.69) is 16.9 Å². The van der Waals surface area contributed by atoms with Gasteiger partial charge in [0, 0.05) is 30.4 Å². The largest absolute Gasteiger partial charge is 0.494 e. The van der Waals surface area contributed by atoms with Crippen molar-refractivity contribution in [1.82, 2.24) is 9.88 Å². The lowest BCUT2D eigenvalue weighted by molar-refractivity contribution is 0.273. The van der Waals surface area contributed by atoms with Crippen molar-refractivity contribution in [3.63, 3.8) is 0 Å². The highest BCUT2D eigenvalue weighted by Gasteiger charge is 2.19. The second-order valence-electron chi connectivity index (χ2n) is 6.82. The van der Waals surface area contributed by atoms with E-state index in [0.717, 1.165) is 39.1 Å². The predicted molar refractivity (Wildman–Crippen MR) is 111 cm³/mol. The molecule has 1 N–H and O–H groups in total. The first-order chi connectivity index (χ1) is 12.1. The Bertz CT molecular complexity index is 781. The molecule has 0 bridgehead atoms. The zero-order valence-corrected chi connectivity index (χ0v) is 16.4. The molecule has 1 aliphatic carbocycles. The maximum Gasteiger partial charge on any atom is 0.120 e. The maximum absolute atomic E-state index is 5.90. The molecular formula is C20H26N2OS2. The standard InChI is InChI=1S/C20H26N2OS2/c1-22(16-6-3-2-4-7-16)20(25)8-5-13-23-17-10-11-18-15(14-17)9-12-19(24)21-18/h9-12,14,16H,2-8,13H2,1H3,(H,21,24). The van der Waals surface area contributed by atoms with Crippen molar-refractivity contribution in [3.05, 3.63) is 35.0 Å². The molecule has 5 heteroatoms. The fourth-order valence-electron chi connectivity index (χ4n) is 3.48. The minimum atomic E-state index is 0.646. The van der Waals surface area contributed by atoms with Gasteiger partial charge in [0.25, 0.3) is 0 Å². The zero-order valence-electron chi connectivity index (χ0n) is 14.8. The molecule has 25 heavy (non-hydrogen) atoms. The number of ether oxygens (including phenoxy) is 1. The van der Waals surface area contributed by atoms with E-state index in [-0.39, 0.29) is 0 Å². The van der Waals surface area contributed by atoms with Crippen molar-refractivity contribution in [3.8, 4) is 5.75 Å². The van der Waals surface area contributed by atoms with Crippen LogP contribution >= 0.6 is 24.4 Å². The van der Waals surface area contributed by atoms with Gasteiger partial charge in [0.15, 0.2) is 0 Å². The molecule has 3 nitrogen and oxygen atoms in total. The van der Waals surface area contributed by atoms with Crippen molar-refractivity contribution in [1.29, 1.82) is 0 Å². The van der Waals surface area contributed by atoms with Crippen LogP contribution in [0.2, 0.25) is 0 Å². The van der Waals surface area contributed by atoms with Crippen LogP contribution in [-0.4, -0.2) is 34.6 Å². The summed E-state index contributed by atoms with van der Waals surface area (Å²) in [6.07, 6.45) is 8.50. The molecule has 1 aromatic carbocycles. The topological polar surface area (TPSA) is 28.3 Å². The van der Waals surface area contributed by atoms with E-state index in [1.54, 1.807) is 0 Å². The Morgan fingerprint density at radius 2 is 2.00 bits per heavy atom. The highest BCUT2D eigenvalue weighted by atomic mass is 32.1. The van der Waals surface area contributed by atoms with E-state index in [0.29, 0.717) is 12.6 Å². The molecular weight excluding hydrogens is 348 g/mol. The lowest BCUT2D eigenvalue weighted by atomic mass is 9.94. The molecule has 3 rings (SSSR count). The summed E-state index contributed by atoms with van der Waals surface area (Å²) < 4.78 is 6.65. The fraction of sp³-hybridized carbons (Fsp3) is 0.500. The van der Waals surface area contributed by atoms with Gasteiger partial charge in [-0.2, -0.15) is 0 Å². The van der Waals surface area contributed by atoms with E-state index in [1.165, 1.54) is 32.1 Å². The number of pyridine rings is 1. The molecule has 1 heterocycles. The maximum atomic E-state index is 5.90. The minimum Gasteiger partial charge on any atom is -0.494 e. The Kier molecular flexibility index (Phi) is 6.43. The molecule has 0 unspecified atom stereocenters. The third-order valence-electron chi connectivity index (χ3n) is 5.01. The summed E-state index contributed by atoms with van der Waals surface area (Å²) in [6, 6.07) is 10.6. The summed E-state index contributed by atoms with van der Waals surface area (Å²) in [5, 5.41) is 1.11. The van der Waals surface area contributed by atoms with Crippen LogP contribution in [0.25, 0.3) is 10.9 Å². The molecule has 1 saturated carbocycles. The van der Waals surface area contributed by atoms with Crippen LogP contribution in [0.4, 0.5) is 0 Å². The minimum absolute atomic E-state index is 0.646. The predicted octanol–water partition coefficient (Wildman–Crippen LogP) is 5.65. The molecule has 0 amide bonds. The molecule has 1 aromatic heterocycles. The number of thiocarbonyl (C=S) groups is 1. The summed E-state index contributed by atoms with van der Waals surface area (Å²) in [5.41, 5.74) is 1.04. The molecule has 0 spiro atoms. The van der Waals surface area contributed by atoms with E-state index in [9.17, 15) is 0 Å². The summed E-state index contributed by atoms with van der Waals surface area (Å²) in [5.74, 6) is 0.893. The molecule has 0 radical (unpaired) electrons. The lowest BCUT2D eigenvalue weighted by Gasteiger charge is -2.33. The number of aromatic amines is 1. The zero-order chi connectivity index (χ0) is 17.6. The number of hydrogen-bond donors (Lipinski definition) is 1. The fourth-order valence-corrected chi connectivity index (χ4v) is 3.96. The number of nitrogens with zero attached hydrogens (tertiary/aromatic N) is 1. The average molecular weight is 375 g/mol. The molecule has 0 atom stereocenters. The number of H-pyrrole nitrogens is 1. The van der Waals surface area contributed by atoms with Gasteiger partial charge >= 0.3 is 0 Å². The van der Waals surface area contributed by atoms with Crippen LogP contribution in [0.15, 0.2) is 30.3 Å². The monoisotopic (exact) mass is 374 g/mol. The van der Waals surface area contributed by atoms with Crippen molar-refractivity contribution in [2.24, 2.45) is 0 Å². The van der Waals surface area contributed by atoms with Gasteiger partial charge < -0.3 is 14.6 Å². The molecule has 1 aliphatic rings. The highest BCUT2D eigenvalue weighted by molar-refractivity contribution is 7.80. The molecule has 2 aromatic rings. The van der Waals surface area contributed by atoms with Crippen molar-refractivity contribution < 1.29 is 4.74 Å². The number of fused-ring (bicyclic) bond motifs is 1. The van der Waals surface area contributed by atoms with Gasteiger partial charge in [0.1, 0.15) is 10.4 Å². The normalized spacial score (nSPS) is 15.2. The number of hydrogen-bond acceptors (Lipinski definition) is 3. The summed E-state index contributed by atoms with van der Waals surface area (Å²) in [4.78, 5) is 6.58. The van der Waals surface area contributed by atoms with E-state index >= 15 is 0 Å².